The van der Waals surface area contributed by atoms with E-state index in [1.807, 2.05) is 24.4 Å². The maximum absolute atomic E-state index is 4.58. The van der Waals surface area contributed by atoms with Crippen molar-refractivity contribution in [1.29, 1.82) is 0 Å². The van der Waals surface area contributed by atoms with Crippen LogP contribution in [0.4, 0.5) is 17.2 Å². The molecule has 2 heterocycles. The number of aromatic nitrogens is 1. The molecule has 0 saturated heterocycles. The Morgan fingerprint density at radius 2 is 2.09 bits per heavy atom. The predicted octanol–water partition coefficient (Wildman–Crippen LogP) is 3.46. The van der Waals surface area contributed by atoms with Gasteiger partial charge in [0.2, 0.25) is 0 Å². The molecule has 1 aromatic carbocycles. The van der Waals surface area contributed by atoms with Crippen LogP contribution in [0.3, 0.4) is 0 Å². The van der Waals surface area contributed by atoms with Crippen molar-refractivity contribution in [3.63, 3.8) is 0 Å². The highest BCUT2D eigenvalue weighted by Gasteiger charge is 2.25. The molecule has 1 aliphatic carbocycles. The normalized spacial score (nSPS) is 18.2. The number of anilines is 3. The summed E-state index contributed by atoms with van der Waals surface area (Å²) in [5, 5.41) is 6.92. The van der Waals surface area contributed by atoms with E-state index in [1.54, 1.807) is 0 Å². The van der Waals surface area contributed by atoms with Gasteiger partial charge in [-0.1, -0.05) is 18.2 Å². The highest BCUT2D eigenvalue weighted by atomic mass is 15.2. The molecule has 4 nitrogen and oxygen atoms in total. The molecule has 0 spiro atoms. The molecule has 2 N–H and O–H groups in total. The Bertz CT molecular complexity index is 637. The molecule has 0 bridgehead atoms. The number of para-hydroxylation sites is 1. The van der Waals surface area contributed by atoms with Gasteiger partial charge in [0.25, 0.3) is 0 Å². The fraction of sp³-hybridized carbons (Fsp3) is 0.389. The first kappa shape index (κ1) is 13.6. The molecule has 1 aliphatic heterocycles. The van der Waals surface area contributed by atoms with Crippen LogP contribution in [-0.4, -0.2) is 29.5 Å². The zero-order valence-electron chi connectivity index (χ0n) is 12.8. The number of fused-ring (bicyclic) bond motifs is 1. The van der Waals surface area contributed by atoms with Crippen LogP contribution < -0.4 is 10.6 Å². The largest absolute Gasteiger partial charge is 0.383 e. The summed E-state index contributed by atoms with van der Waals surface area (Å²) in [5.41, 5.74) is 3.59. The number of pyridine rings is 1. The van der Waals surface area contributed by atoms with Crippen molar-refractivity contribution in [3.8, 4) is 0 Å². The highest BCUT2D eigenvalue weighted by molar-refractivity contribution is 5.63. The maximum Gasteiger partial charge on any atom is 0.132 e. The SMILES string of the molecule is c1ccc(Nc2cc3c(cn2)CN(CC2CC2)CCN3)cc1. The van der Waals surface area contributed by atoms with Gasteiger partial charge in [-0.15, -0.1) is 0 Å². The van der Waals surface area contributed by atoms with Crippen molar-refractivity contribution in [2.45, 2.75) is 19.4 Å². The Balaban J connectivity index is 1.50. The molecule has 0 unspecified atom stereocenters. The van der Waals surface area contributed by atoms with E-state index in [4.69, 9.17) is 0 Å². The molecule has 1 saturated carbocycles. The molecule has 0 amide bonds. The van der Waals surface area contributed by atoms with E-state index in [-0.39, 0.29) is 0 Å². The van der Waals surface area contributed by atoms with Crippen molar-refractivity contribution in [1.82, 2.24) is 9.88 Å². The average Bonchev–Trinajstić information content (AvgIpc) is 3.36. The molecular weight excluding hydrogens is 272 g/mol. The second-order valence-electron chi connectivity index (χ2n) is 6.32. The standard InChI is InChI=1S/C18H22N4/c1-2-4-16(5-3-1)21-18-10-17-15(11-20-18)13-22(9-8-19-17)12-14-6-7-14/h1-5,10-11,14,19H,6-9,12-13H2,(H,20,21). The predicted molar refractivity (Wildman–Crippen MR) is 90.5 cm³/mol. The van der Waals surface area contributed by atoms with Crippen LogP contribution in [0.15, 0.2) is 42.6 Å². The summed E-state index contributed by atoms with van der Waals surface area (Å²) < 4.78 is 0. The topological polar surface area (TPSA) is 40.2 Å². The molecule has 1 fully saturated rings. The first-order valence-corrected chi connectivity index (χ1v) is 8.14. The minimum Gasteiger partial charge on any atom is -0.383 e. The molecule has 0 atom stereocenters. The van der Waals surface area contributed by atoms with Crippen LogP contribution in [0.2, 0.25) is 0 Å². The molecule has 2 aromatic rings. The lowest BCUT2D eigenvalue weighted by atomic mass is 10.2. The van der Waals surface area contributed by atoms with Gasteiger partial charge in [-0.25, -0.2) is 4.98 Å². The van der Waals surface area contributed by atoms with Gasteiger partial charge in [-0.2, -0.15) is 0 Å². The van der Waals surface area contributed by atoms with Crippen LogP contribution in [-0.2, 0) is 6.54 Å². The summed E-state index contributed by atoms with van der Waals surface area (Å²) in [6, 6.07) is 12.3. The molecule has 22 heavy (non-hydrogen) atoms. The van der Waals surface area contributed by atoms with Crippen LogP contribution in [0.25, 0.3) is 0 Å². The van der Waals surface area contributed by atoms with E-state index in [9.17, 15) is 0 Å². The van der Waals surface area contributed by atoms with Crippen LogP contribution >= 0.6 is 0 Å². The van der Waals surface area contributed by atoms with Gasteiger partial charge in [0.05, 0.1) is 0 Å². The second-order valence-corrected chi connectivity index (χ2v) is 6.32. The quantitative estimate of drug-likeness (QED) is 0.906. The van der Waals surface area contributed by atoms with E-state index in [1.165, 1.54) is 30.6 Å². The molecular formula is C18H22N4. The molecule has 2 aliphatic rings. The van der Waals surface area contributed by atoms with Crippen LogP contribution in [0, 0.1) is 5.92 Å². The Morgan fingerprint density at radius 3 is 2.91 bits per heavy atom. The van der Waals surface area contributed by atoms with Gasteiger partial charge in [0.1, 0.15) is 5.82 Å². The van der Waals surface area contributed by atoms with E-state index < -0.39 is 0 Å². The third kappa shape index (κ3) is 3.22. The third-order valence-corrected chi connectivity index (χ3v) is 4.38. The second kappa shape index (κ2) is 5.97. The Hall–Kier alpha value is -2.07. The molecule has 1 aromatic heterocycles. The third-order valence-electron chi connectivity index (χ3n) is 4.38. The Morgan fingerprint density at radius 1 is 1.23 bits per heavy atom. The molecule has 114 valence electrons. The summed E-state index contributed by atoms with van der Waals surface area (Å²) in [7, 11) is 0. The number of nitrogens with zero attached hydrogens (tertiary/aromatic N) is 2. The average molecular weight is 294 g/mol. The van der Waals surface area contributed by atoms with Gasteiger partial charge in [-0.05, 0) is 30.9 Å². The first-order chi connectivity index (χ1) is 10.9. The smallest absolute Gasteiger partial charge is 0.132 e. The first-order valence-electron chi connectivity index (χ1n) is 8.14. The van der Waals surface area contributed by atoms with Gasteiger partial charge < -0.3 is 10.6 Å². The minimum atomic E-state index is 0.896. The van der Waals surface area contributed by atoms with Gasteiger partial charge in [-0.3, -0.25) is 4.90 Å². The van der Waals surface area contributed by atoms with E-state index in [2.05, 4.69) is 38.7 Å². The summed E-state index contributed by atoms with van der Waals surface area (Å²) >= 11 is 0. The molecule has 4 rings (SSSR count). The Kier molecular flexibility index (Phi) is 3.69. The van der Waals surface area contributed by atoms with E-state index >= 15 is 0 Å². The van der Waals surface area contributed by atoms with Crippen molar-refractivity contribution >= 4 is 17.2 Å². The monoisotopic (exact) mass is 294 g/mol. The number of benzene rings is 1. The summed E-state index contributed by atoms with van der Waals surface area (Å²) in [6.07, 6.45) is 4.84. The lowest BCUT2D eigenvalue weighted by Crippen LogP contribution is -2.28. The molecule has 4 heteroatoms. The number of hydrogen-bond donors (Lipinski definition) is 2. The minimum absolute atomic E-state index is 0.896. The van der Waals surface area contributed by atoms with E-state index in [0.717, 1.165) is 37.1 Å². The molecule has 0 radical (unpaired) electrons. The fourth-order valence-corrected chi connectivity index (χ4v) is 3.00. The van der Waals surface area contributed by atoms with Crippen molar-refractivity contribution in [2.75, 3.05) is 30.3 Å². The summed E-state index contributed by atoms with van der Waals surface area (Å²) in [4.78, 5) is 7.14. The van der Waals surface area contributed by atoms with Crippen LogP contribution in [0.1, 0.15) is 18.4 Å². The number of rotatable bonds is 4. The van der Waals surface area contributed by atoms with Crippen LogP contribution in [0.5, 0.6) is 0 Å². The van der Waals surface area contributed by atoms with Gasteiger partial charge in [0, 0.05) is 55.4 Å². The lowest BCUT2D eigenvalue weighted by Gasteiger charge is -2.19. The van der Waals surface area contributed by atoms with Gasteiger partial charge in [0.15, 0.2) is 0 Å². The van der Waals surface area contributed by atoms with Crippen molar-refractivity contribution < 1.29 is 0 Å². The van der Waals surface area contributed by atoms with Crippen molar-refractivity contribution in [2.24, 2.45) is 5.92 Å². The van der Waals surface area contributed by atoms with Crippen molar-refractivity contribution in [3.05, 3.63) is 48.2 Å². The highest BCUT2D eigenvalue weighted by Crippen LogP contribution is 2.31. The zero-order chi connectivity index (χ0) is 14.8. The lowest BCUT2D eigenvalue weighted by molar-refractivity contribution is 0.268. The fourth-order valence-electron chi connectivity index (χ4n) is 3.00. The van der Waals surface area contributed by atoms with E-state index in [0.29, 0.717) is 0 Å². The number of nitrogens with one attached hydrogen (secondary N) is 2. The number of hydrogen-bond acceptors (Lipinski definition) is 4. The summed E-state index contributed by atoms with van der Waals surface area (Å²) in [5.74, 6) is 1.83. The maximum atomic E-state index is 4.58. The Labute approximate surface area is 131 Å². The zero-order valence-corrected chi connectivity index (χ0v) is 12.8. The summed E-state index contributed by atoms with van der Waals surface area (Å²) in [6.45, 7) is 4.38. The van der Waals surface area contributed by atoms with Gasteiger partial charge >= 0.3 is 0 Å².